The molecule has 2 aromatic rings. The van der Waals surface area contributed by atoms with Crippen LogP contribution in [-0.2, 0) is 0 Å². The van der Waals surface area contributed by atoms with E-state index in [0.717, 1.165) is 11.4 Å². The Balaban J connectivity index is 1.91. The Kier molecular flexibility index (Phi) is 3.30. The van der Waals surface area contributed by atoms with Gasteiger partial charge in [-0.2, -0.15) is 0 Å². The first-order valence-corrected chi connectivity index (χ1v) is 7.13. The van der Waals surface area contributed by atoms with Gasteiger partial charge in [0.05, 0.1) is 0 Å². The summed E-state index contributed by atoms with van der Waals surface area (Å²) in [5.41, 5.74) is 7.04. The van der Waals surface area contributed by atoms with Crippen LogP contribution in [0.3, 0.4) is 0 Å². The standard InChI is InChI=1S/C16H20N4/c1-16(9-5-6-10-16)20-14-11-13(17)18-15(19-14)12-7-3-2-4-8-12/h2-4,7-8,11H,5-6,9-10H2,1H3,(H3,17,18,19,20). The SMILES string of the molecule is CC1(Nc2cc(N)nc(-c3ccccc3)n2)CCCC1. The summed E-state index contributed by atoms with van der Waals surface area (Å²) in [6.45, 7) is 2.25. The van der Waals surface area contributed by atoms with Gasteiger partial charge in [0.1, 0.15) is 11.6 Å². The van der Waals surface area contributed by atoms with E-state index in [-0.39, 0.29) is 5.54 Å². The Labute approximate surface area is 119 Å². The smallest absolute Gasteiger partial charge is 0.163 e. The summed E-state index contributed by atoms with van der Waals surface area (Å²) in [5.74, 6) is 2.00. The number of benzene rings is 1. The molecule has 0 amide bonds. The van der Waals surface area contributed by atoms with Crippen LogP contribution in [0.25, 0.3) is 11.4 Å². The van der Waals surface area contributed by atoms with E-state index in [2.05, 4.69) is 22.2 Å². The number of hydrogen-bond donors (Lipinski definition) is 2. The number of nitrogens with one attached hydrogen (secondary N) is 1. The van der Waals surface area contributed by atoms with E-state index in [0.29, 0.717) is 11.6 Å². The van der Waals surface area contributed by atoms with Crippen molar-refractivity contribution in [1.82, 2.24) is 9.97 Å². The molecule has 1 saturated carbocycles. The summed E-state index contributed by atoms with van der Waals surface area (Å²) in [6.07, 6.45) is 4.90. The largest absolute Gasteiger partial charge is 0.384 e. The second kappa shape index (κ2) is 5.12. The molecule has 0 saturated heterocycles. The Morgan fingerprint density at radius 1 is 1.10 bits per heavy atom. The zero-order valence-corrected chi connectivity index (χ0v) is 11.8. The average molecular weight is 268 g/mol. The second-order valence-corrected chi connectivity index (χ2v) is 5.76. The molecular weight excluding hydrogens is 248 g/mol. The van der Waals surface area contributed by atoms with Crippen LogP contribution in [0.1, 0.15) is 32.6 Å². The molecule has 20 heavy (non-hydrogen) atoms. The molecule has 0 bridgehead atoms. The number of rotatable bonds is 3. The van der Waals surface area contributed by atoms with Crippen molar-refractivity contribution >= 4 is 11.6 Å². The Bertz CT molecular complexity index is 589. The quantitative estimate of drug-likeness (QED) is 0.894. The van der Waals surface area contributed by atoms with Crippen molar-refractivity contribution in [3.63, 3.8) is 0 Å². The molecule has 3 N–H and O–H groups in total. The normalized spacial score (nSPS) is 17.1. The van der Waals surface area contributed by atoms with Crippen LogP contribution >= 0.6 is 0 Å². The van der Waals surface area contributed by atoms with Crippen LogP contribution in [0.2, 0.25) is 0 Å². The molecule has 1 aromatic carbocycles. The molecule has 4 nitrogen and oxygen atoms in total. The lowest BCUT2D eigenvalue weighted by Crippen LogP contribution is -2.31. The molecule has 0 aliphatic heterocycles. The predicted octanol–water partition coefficient (Wildman–Crippen LogP) is 3.47. The van der Waals surface area contributed by atoms with E-state index in [1.54, 1.807) is 0 Å². The van der Waals surface area contributed by atoms with Crippen molar-refractivity contribution < 1.29 is 0 Å². The van der Waals surface area contributed by atoms with Gasteiger partial charge in [0.2, 0.25) is 0 Å². The molecule has 0 radical (unpaired) electrons. The fourth-order valence-electron chi connectivity index (χ4n) is 2.84. The van der Waals surface area contributed by atoms with Crippen LogP contribution in [0.5, 0.6) is 0 Å². The highest BCUT2D eigenvalue weighted by Crippen LogP contribution is 2.32. The molecule has 0 unspecified atom stereocenters. The molecule has 1 fully saturated rings. The summed E-state index contributed by atoms with van der Waals surface area (Å²) in [5, 5.41) is 3.54. The van der Waals surface area contributed by atoms with Gasteiger partial charge >= 0.3 is 0 Å². The van der Waals surface area contributed by atoms with Crippen LogP contribution in [0.4, 0.5) is 11.6 Å². The Morgan fingerprint density at radius 2 is 1.80 bits per heavy atom. The third kappa shape index (κ3) is 2.74. The van der Waals surface area contributed by atoms with Crippen molar-refractivity contribution in [3.8, 4) is 11.4 Å². The minimum Gasteiger partial charge on any atom is -0.384 e. The molecule has 104 valence electrons. The molecule has 3 rings (SSSR count). The molecule has 0 spiro atoms. The van der Waals surface area contributed by atoms with Gasteiger partial charge in [-0.15, -0.1) is 0 Å². The van der Waals surface area contributed by atoms with Crippen molar-refractivity contribution in [2.24, 2.45) is 0 Å². The van der Waals surface area contributed by atoms with Gasteiger partial charge < -0.3 is 11.1 Å². The van der Waals surface area contributed by atoms with Gasteiger partial charge in [0.25, 0.3) is 0 Å². The summed E-state index contributed by atoms with van der Waals surface area (Å²) in [6, 6.07) is 11.7. The van der Waals surface area contributed by atoms with Crippen molar-refractivity contribution in [1.29, 1.82) is 0 Å². The fraction of sp³-hybridized carbons (Fsp3) is 0.375. The van der Waals surface area contributed by atoms with Gasteiger partial charge in [0.15, 0.2) is 5.82 Å². The molecule has 1 heterocycles. The summed E-state index contributed by atoms with van der Waals surface area (Å²) >= 11 is 0. The summed E-state index contributed by atoms with van der Waals surface area (Å²) in [4.78, 5) is 8.94. The Morgan fingerprint density at radius 3 is 2.50 bits per heavy atom. The van der Waals surface area contributed by atoms with Crippen LogP contribution in [0, 0.1) is 0 Å². The third-order valence-electron chi connectivity index (χ3n) is 3.91. The maximum Gasteiger partial charge on any atom is 0.163 e. The van der Waals surface area contributed by atoms with Gasteiger partial charge in [-0.05, 0) is 19.8 Å². The first-order chi connectivity index (χ1) is 9.65. The van der Waals surface area contributed by atoms with Crippen LogP contribution in [0.15, 0.2) is 36.4 Å². The van der Waals surface area contributed by atoms with Crippen LogP contribution < -0.4 is 11.1 Å². The first-order valence-electron chi connectivity index (χ1n) is 7.13. The maximum atomic E-state index is 5.92. The highest BCUT2D eigenvalue weighted by atomic mass is 15.1. The topological polar surface area (TPSA) is 63.8 Å². The number of hydrogen-bond acceptors (Lipinski definition) is 4. The minimum atomic E-state index is 0.134. The van der Waals surface area contributed by atoms with E-state index >= 15 is 0 Å². The average Bonchev–Trinajstić information content (AvgIpc) is 2.85. The fourth-order valence-corrected chi connectivity index (χ4v) is 2.84. The third-order valence-corrected chi connectivity index (χ3v) is 3.91. The second-order valence-electron chi connectivity index (χ2n) is 5.76. The zero-order valence-electron chi connectivity index (χ0n) is 11.8. The van der Waals surface area contributed by atoms with Gasteiger partial charge in [-0.1, -0.05) is 43.2 Å². The number of aromatic nitrogens is 2. The molecule has 0 atom stereocenters. The highest BCUT2D eigenvalue weighted by molar-refractivity contribution is 5.60. The molecule has 1 aliphatic rings. The maximum absolute atomic E-state index is 5.92. The number of anilines is 2. The molecule has 1 aromatic heterocycles. The van der Waals surface area contributed by atoms with E-state index in [4.69, 9.17) is 5.73 Å². The van der Waals surface area contributed by atoms with E-state index in [1.165, 1.54) is 25.7 Å². The zero-order chi connectivity index (χ0) is 14.0. The predicted molar refractivity (Wildman–Crippen MR) is 82.4 cm³/mol. The lowest BCUT2D eigenvalue weighted by Gasteiger charge is -2.26. The van der Waals surface area contributed by atoms with Crippen LogP contribution in [-0.4, -0.2) is 15.5 Å². The number of nitrogen functional groups attached to an aromatic ring is 1. The van der Waals surface area contributed by atoms with E-state index < -0.39 is 0 Å². The first kappa shape index (κ1) is 12.9. The summed E-state index contributed by atoms with van der Waals surface area (Å²) < 4.78 is 0. The summed E-state index contributed by atoms with van der Waals surface area (Å²) in [7, 11) is 0. The van der Waals surface area contributed by atoms with Crippen molar-refractivity contribution in [2.75, 3.05) is 11.1 Å². The van der Waals surface area contributed by atoms with Gasteiger partial charge in [-0.3, -0.25) is 0 Å². The molecule has 1 aliphatic carbocycles. The Hall–Kier alpha value is -2.10. The highest BCUT2D eigenvalue weighted by Gasteiger charge is 2.28. The lowest BCUT2D eigenvalue weighted by molar-refractivity contribution is 0.531. The number of nitrogens with zero attached hydrogens (tertiary/aromatic N) is 2. The van der Waals surface area contributed by atoms with E-state index in [9.17, 15) is 0 Å². The van der Waals surface area contributed by atoms with E-state index in [1.807, 2.05) is 36.4 Å². The van der Waals surface area contributed by atoms with Crippen molar-refractivity contribution in [3.05, 3.63) is 36.4 Å². The number of nitrogens with two attached hydrogens (primary N) is 1. The monoisotopic (exact) mass is 268 g/mol. The molecule has 4 heteroatoms. The van der Waals surface area contributed by atoms with Gasteiger partial charge in [0, 0.05) is 17.2 Å². The van der Waals surface area contributed by atoms with Gasteiger partial charge in [-0.25, -0.2) is 9.97 Å². The lowest BCUT2D eigenvalue weighted by atomic mass is 10.0. The molecular formula is C16H20N4. The minimum absolute atomic E-state index is 0.134. The van der Waals surface area contributed by atoms with Crippen molar-refractivity contribution in [2.45, 2.75) is 38.1 Å².